The second-order valence-corrected chi connectivity index (χ2v) is 10.1. The average molecular weight is 515 g/mol. The number of rotatable bonds is 8. The summed E-state index contributed by atoms with van der Waals surface area (Å²) in [5.74, 6) is 0.453. The average Bonchev–Trinajstić information content (AvgIpc) is 2.97. The van der Waals surface area contributed by atoms with Crippen LogP contribution in [0.4, 0.5) is 0 Å². The van der Waals surface area contributed by atoms with E-state index in [9.17, 15) is 10.3 Å². The van der Waals surface area contributed by atoms with Crippen LogP contribution in [0, 0.1) is 5.21 Å². The number of pyridine rings is 1. The first-order valence-corrected chi connectivity index (χ1v) is 13.3. The Balaban J connectivity index is 1.53. The summed E-state index contributed by atoms with van der Waals surface area (Å²) in [5, 5.41) is 22.5. The Morgan fingerprint density at radius 1 is 0.784 bits per heavy atom. The van der Waals surface area contributed by atoms with Crippen molar-refractivity contribution in [3.05, 3.63) is 136 Å². The Morgan fingerprint density at radius 3 is 2.14 bits per heavy atom. The first-order chi connectivity index (χ1) is 18.2. The Kier molecular flexibility index (Phi) is 8.18. The molecule has 2 heterocycles. The van der Waals surface area contributed by atoms with Gasteiger partial charge in [-0.15, -0.1) is 0 Å². The van der Waals surface area contributed by atoms with Gasteiger partial charge in [-0.05, 0) is 28.3 Å². The maximum atomic E-state index is 12.3. The molecule has 4 atom stereocenters. The zero-order valence-electron chi connectivity index (χ0n) is 20.4. The minimum Gasteiger partial charge on any atom is -0.618 e. The van der Waals surface area contributed by atoms with Gasteiger partial charge in [0.2, 0.25) is 0 Å². The topological polar surface area (TPSA) is 91.7 Å². The smallest absolute Gasteiger partial charge is 0.251 e. The SMILES string of the molecule is NCc1ccc(C2O[C@H](CSc3cccc[n+]3[O-])[C@@H](c3ccccc3)[C@H](c3ccc(CO)cc3)O2)cc1. The van der Waals surface area contributed by atoms with Crippen LogP contribution in [-0.2, 0) is 22.6 Å². The molecule has 0 amide bonds. The van der Waals surface area contributed by atoms with Crippen molar-refractivity contribution in [1.29, 1.82) is 0 Å². The minimum absolute atomic E-state index is 0.0152. The van der Waals surface area contributed by atoms with Gasteiger partial charge in [-0.1, -0.05) is 90.6 Å². The van der Waals surface area contributed by atoms with Gasteiger partial charge in [0.05, 0.1) is 18.8 Å². The first-order valence-electron chi connectivity index (χ1n) is 12.3. The number of nitrogens with zero attached hydrogens (tertiary/aromatic N) is 1. The van der Waals surface area contributed by atoms with Gasteiger partial charge in [0.15, 0.2) is 12.5 Å². The molecule has 3 N–H and O–H groups in total. The lowest BCUT2D eigenvalue weighted by molar-refractivity contribution is -0.645. The van der Waals surface area contributed by atoms with Gasteiger partial charge in [-0.3, -0.25) is 0 Å². The molecular weight excluding hydrogens is 484 g/mol. The molecule has 0 spiro atoms. The maximum absolute atomic E-state index is 12.3. The minimum atomic E-state index is -0.588. The molecule has 1 aliphatic rings. The van der Waals surface area contributed by atoms with Crippen LogP contribution < -0.4 is 10.5 Å². The summed E-state index contributed by atoms with van der Waals surface area (Å²) in [6.45, 7) is 0.451. The third-order valence-corrected chi connectivity index (χ3v) is 7.75. The molecular formula is C30H30N2O4S. The molecule has 1 aliphatic heterocycles. The fourth-order valence-electron chi connectivity index (χ4n) is 4.65. The predicted octanol–water partition coefficient (Wildman–Crippen LogP) is 5.00. The van der Waals surface area contributed by atoms with Gasteiger partial charge in [-0.25, -0.2) is 0 Å². The van der Waals surface area contributed by atoms with Gasteiger partial charge in [-0.2, -0.15) is 4.73 Å². The number of thioether (sulfide) groups is 1. The van der Waals surface area contributed by atoms with Crippen molar-refractivity contribution in [2.24, 2.45) is 5.73 Å². The van der Waals surface area contributed by atoms with Crippen molar-refractivity contribution in [3.63, 3.8) is 0 Å². The molecule has 190 valence electrons. The molecule has 0 bridgehead atoms. The molecule has 1 unspecified atom stereocenters. The summed E-state index contributed by atoms with van der Waals surface area (Å²) in [6, 6.07) is 31.5. The molecule has 0 aliphatic carbocycles. The summed E-state index contributed by atoms with van der Waals surface area (Å²) < 4.78 is 14.2. The van der Waals surface area contributed by atoms with Gasteiger partial charge in [0, 0.05) is 35.9 Å². The highest BCUT2D eigenvalue weighted by molar-refractivity contribution is 7.99. The van der Waals surface area contributed by atoms with Crippen LogP contribution in [-0.4, -0.2) is 17.0 Å². The fraction of sp³-hybridized carbons (Fsp3) is 0.233. The van der Waals surface area contributed by atoms with E-state index in [1.54, 1.807) is 6.07 Å². The van der Waals surface area contributed by atoms with Crippen LogP contribution in [0.25, 0.3) is 0 Å². The molecule has 1 fully saturated rings. The summed E-state index contributed by atoms with van der Waals surface area (Å²) in [5.41, 5.74) is 10.7. The maximum Gasteiger partial charge on any atom is 0.251 e. The zero-order valence-corrected chi connectivity index (χ0v) is 21.2. The third kappa shape index (κ3) is 5.87. The predicted molar refractivity (Wildman–Crippen MR) is 143 cm³/mol. The van der Waals surface area contributed by atoms with Crippen molar-refractivity contribution in [1.82, 2.24) is 0 Å². The number of hydrogen-bond acceptors (Lipinski definition) is 6. The first kappa shape index (κ1) is 25.4. The normalized spacial score (nSPS) is 21.6. The van der Waals surface area contributed by atoms with Gasteiger partial charge in [0.1, 0.15) is 0 Å². The molecule has 1 aromatic heterocycles. The summed E-state index contributed by atoms with van der Waals surface area (Å²) in [6.07, 6.45) is 0.372. The lowest BCUT2D eigenvalue weighted by Crippen LogP contribution is -2.39. The van der Waals surface area contributed by atoms with Crippen molar-refractivity contribution < 1.29 is 19.3 Å². The molecule has 37 heavy (non-hydrogen) atoms. The quantitative estimate of drug-likeness (QED) is 0.195. The van der Waals surface area contributed by atoms with E-state index in [0.717, 1.165) is 32.5 Å². The van der Waals surface area contributed by atoms with Crippen molar-refractivity contribution in [2.45, 2.75) is 42.6 Å². The number of aliphatic hydroxyl groups excluding tert-OH is 1. The van der Waals surface area contributed by atoms with E-state index in [-0.39, 0.29) is 24.7 Å². The molecule has 3 aromatic carbocycles. The Hall–Kier alpha value is -3.20. The number of aromatic nitrogens is 1. The highest BCUT2D eigenvalue weighted by Crippen LogP contribution is 2.47. The van der Waals surface area contributed by atoms with E-state index < -0.39 is 6.29 Å². The molecule has 7 heteroatoms. The summed E-state index contributed by atoms with van der Waals surface area (Å²) in [4.78, 5) is 0. The van der Waals surface area contributed by atoms with E-state index in [1.165, 1.54) is 18.0 Å². The lowest BCUT2D eigenvalue weighted by Gasteiger charge is -2.43. The Labute approximate surface area is 221 Å². The molecule has 4 aromatic rings. The van der Waals surface area contributed by atoms with Crippen LogP contribution in [0.3, 0.4) is 0 Å². The zero-order chi connectivity index (χ0) is 25.6. The van der Waals surface area contributed by atoms with E-state index in [2.05, 4.69) is 12.1 Å². The van der Waals surface area contributed by atoms with E-state index in [4.69, 9.17) is 15.2 Å². The van der Waals surface area contributed by atoms with Gasteiger partial charge in [0.25, 0.3) is 5.03 Å². The Morgan fingerprint density at radius 2 is 1.46 bits per heavy atom. The molecule has 6 nitrogen and oxygen atoms in total. The van der Waals surface area contributed by atoms with Gasteiger partial charge >= 0.3 is 0 Å². The van der Waals surface area contributed by atoms with Crippen LogP contribution in [0.15, 0.2) is 108 Å². The van der Waals surface area contributed by atoms with Crippen molar-refractivity contribution in [2.75, 3.05) is 5.75 Å². The standard InChI is InChI=1S/C30H30N2O4S/c31-18-21-9-15-25(16-10-21)30-35-26(20-37-27-8-4-5-17-32(27)34)28(23-6-2-1-3-7-23)29(36-30)24-13-11-22(19-33)12-14-24/h1-17,26,28-30,33H,18-20,31H2/t26-,28-,29+,30?/m1/s1. The lowest BCUT2D eigenvalue weighted by atomic mass is 9.84. The Bertz CT molecular complexity index is 1290. The number of ether oxygens (including phenoxy) is 2. The third-order valence-electron chi connectivity index (χ3n) is 6.64. The van der Waals surface area contributed by atoms with Crippen molar-refractivity contribution in [3.8, 4) is 0 Å². The molecule has 5 rings (SSSR count). The van der Waals surface area contributed by atoms with Crippen LogP contribution >= 0.6 is 11.8 Å². The number of hydrogen-bond donors (Lipinski definition) is 2. The van der Waals surface area contributed by atoms with E-state index in [0.29, 0.717) is 17.3 Å². The highest BCUT2D eigenvalue weighted by Gasteiger charge is 2.42. The van der Waals surface area contributed by atoms with Crippen molar-refractivity contribution >= 4 is 11.8 Å². The largest absolute Gasteiger partial charge is 0.618 e. The van der Waals surface area contributed by atoms with Gasteiger partial charge < -0.3 is 25.5 Å². The van der Waals surface area contributed by atoms with Crippen LogP contribution in [0.2, 0.25) is 0 Å². The van der Waals surface area contributed by atoms with Crippen LogP contribution in [0.5, 0.6) is 0 Å². The monoisotopic (exact) mass is 514 g/mol. The molecule has 1 saturated heterocycles. The van der Waals surface area contributed by atoms with Crippen LogP contribution in [0.1, 0.15) is 46.1 Å². The molecule has 0 saturated carbocycles. The highest BCUT2D eigenvalue weighted by atomic mass is 32.2. The molecule has 0 radical (unpaired) electrons. The second kappa shape index (κ2) is 11.9. The number of aliphatic hydroxyl groups is 1. The van der Waals surface area contributed by atoms with E-state index >= 15 is 0 Å². The number of nitrogens with two attached hydrogens (primary N) is 1. The summed E-state index contributed by atoms with van der Waals surface area (Å²) >= 11 is 1.48. The number of benzene rings is 3. The fourth-order valence-corrected chi connectivity index (χ4v) is 5.64. The summed E-state index contributed by atoms with van der Waals surface area (Å²) in [7, 11) is 0. The van der Waals surface area contributed by atoms with E-state index in [1.807, 2.05) is 78.9 Å². The second-order valence-electron chi connectivity index (χ2n) is 9.02.